The van der Waals surface area contributed by atoms with Crippen molar-refractivity contribution in [2.24, 2.45) is 0 Å². The highest BCUT2D eigenvalue weighted by Crippen LogP contribution is 2.43. The second-order valence-electron chi connectivity index (χ2n) is 8.64. The van der Waals surface area contributed by atoms with Crippen molar-refractivity contribution in [3.8, 4) is 16.9 Å². The third-order valence-corrected chi connectivity index (χ3v) is 7.83. The van der Waals surface area contributed by atoms with E-state index in [1.54, 1.807) is 18.2 Å². The van der Waals surface area contributed by atoms with Crippen LogP contribution in [0.2, 0.25) is 0 Å². The van der Waals surface area contributed by atoms with Gasteiger partial charge in [-0.05, 0) is 53.8 Å². The molecule has 6 nitrogen and oxygen atoms in total. The quantitative estimate of drug-likeness (QED) is 0.475. The average molecular weight is 479 g/mol. The summed E-state index contributed by atoms with van der Waals surface area (Å²) in [6, 6.07) is 20.5. The average Bonchev–Trinajstić information content (AvgIpc) is 2.84. The molecule has 0 spiro atoms. The number of rotatable bonds is 8. The zero-order valence-corrected chi connectivity index (χ0v) is 20.6. The molecule has 1 amide bonds. The van der Waals surface area contributed by atoms with Crippen molar-refractivity contribution in [1.29, 1.82) is 0 Å². The lowest BCUT2D eigenvalue weighted by Gasteiger charge is -2.32. The number of nitrogens with zero attached hydrogens (tertiary/aromatic N) is 1. The number of anilines is 1. The van der Waals surface area contributed by atoms with Gasteiger partial charge in [-0.1, -0.05) is 57.2 Å². The topological polar surface area (TPSA) is 75.7 Å². The summed E-state index contributed by atoms with van der Waals surface area (Å²) in [6.07, 6.45) is 0.960. The molecule has 1 aliphatic rings. The first-order valence-electron chi connectivity index (χ1n) is 11.6. The summed E-state index contributed by atoms with van der Waals surface area (Å²) < 4.78 is 33.7. The first-order chi connectivity index (χ1) is 16.3. The molecule has 0 aliphatic carbocycles. The maximum atomic E-state index is 13.4. The van der Waals surface area contributed by atoms with Crippen molar-refractivity contribution in [2.75, 3.05) is 24.0 Å². The molecule has 0 bridgehead atoms. The zero-order valence-electron chi connectivity index (χ0n) is 19.7. The SMILES string of the molecule is CCc1ccc(OCCNC(=O)CN2c3ccc(C(C)C)cc3-c3ccccc3S2(=O)=O)cc1. The van der Waals surface area contributed by atoms with E-state index in [0.29, 0.717) is 23.8 Å². The van der Waals surface area contributed by atoms with Crippen LogP contribution in [-0.4, -0.2) is 34.0 Å². The molecule has 1 N–H and O–H groups in total. The fourth-order valence-electron chi connectivity index (χ4n) is 4.05. The molecule has 0 radical (unpaired) electrons. The summed E-state index contributed by atoms with van der Waals surface area (Å²) in [6.45, 7) is 6.56. The number of amides is 1. The minimum atomic E-state index is -3.86. The Morgan fingerprint density at radius 1 is 1.00 bits per heavy atom. The maximum Gasteiger partial charge on any atom is 0.265 e. The maximum absolute atomic E-state index is 13.4. The van der Waals surface area contributed by atoms with Gasteiger partial charge in [-0.25, -0.2) is 8.42 Å². The lowest BCUT2D eigenvalue weighted by atomic mass is 9.95. The van der Waals surface area contributed by atoms with Crippen LogP contribution in [0.3, 0.4) is 0 Å². The Morgan fingerprint density at radius 3 is 2.44 bits per heavy atom. The molecule has 3 aromatic rings. The molecule has 7 heteroatoms. The fraction of sp³-hybridized carbons (Fsp3) is 0.296. The Balaban J connectivity index is 1.48. The number of benzene rings is 3. The summed E-state index contributed by atoms with van der Waals surface area (Å²) >= 11 is 0. The van der Waals surface area contributed by atoms with Crippen LogP contribution in [0.5, 0.6) is 5.75 Å². The van der Waals surface area contributed by atoms with Gasteiger partial charge < -0.3 is 10.1 Å². The molecule has 0 atom stereocenters. The van der Waals surface area contributed by atoms with Crippen molar-refractivity contribution < 1.29 is 17.9 Å². The molecule has 4 rings (SSSR count). The van der Waals surface area contributed by atoms with Gasteiger partial charge in [0.05, 0.1) is 17.1 Å². The highest BCUT2D eigenvalue weighted by atomic mass is 32.2. The van der Waals surface area contributed by atoms with Gasteiger partial charge >= 0.3 is 0 Å². The Labute approximate surface area is 201 Å². The van der Waals surface area contributed by atoms with Gasteiger partial charge in [0, 0.05) is 11.1 Å². The van der Waals surface area contributed by atoms with E-state index in [-0.39, 0.29) is 23.9 Å². The normalized spacial score (nSPS) is 13.8. The van der Waals surface area contributed by atoms with Gasteiger partial charge in [0.25, 0.3) is 10.0 Å². The molecule has 178 valence electrons. The lowest BCUT2D eigenvalue weighted by Crippen LogP contribution is -2.43. The van der Waals surface area contributed by atoms with Crippen LogP contribution in [0.15, 0.2) is 71.6 Å². The smallest absolute Gasteiger partial charge is 0.265 e. The highest BCUT2D eigenvalue weighted by Gasteiger charge is 2.36. The number of fused-ring (bicyclic) bond motifs is 3. The van der Waals surface area contributed by atoms with E-state index < -0.39 is 10.0 Å². The minimum absolute atomic E-state index is 0.218. The monoisotopic (exact) mass is 478 g/mol. The number of carbonyl (C=O) groups is 1. The largest absolute Gasteiger partial charge is 0.492 e. The molecule has 0 aromatic heterocycles. The predicted octanol–water partition coefficient (Wildman–Crippen LogP) is 4.74. The zero-order chi connectivity index (χ0) is 24.3. The molecule has 34 heavy (non-hydrogen) atoms. The standard InChI is InChI=1S/C27H30N2O4S/c1-4-20-9-12-22(13-10-20)33-16-15-28-27(30)18-29-25-14-11-21(19(2)3)17-24(25)23-7-5-6-8-26(23)34(29,31)32/h5-14,17,19H,4,15-16,18H2,1-3H3,(H,28,30). The third kappa shape index (κ3) is 4.80. The number of hydrogen-bond donors (Lipinski definition) is 1. The number of carbonyl (C=O) groups excluding carboxylic acids is 1. The van der Waals surface area contributed by atoms with Crippen LogP contribution in [0, 0.1) is 0 Å². The van der Waals surface area contributed by atoms with Crippen LogP contribution in [0.25, 0.3) is 11.1 Å². The Bertz CT molecular complexity index is 1280. The van der Waals surface area contributed by atoms with Crippen LogP contribution < -0.4 is 14.4 Å². The van der Waals surface area contributed by atoms with E-state index in [9.17, 15) is 13.2 Å². The van der Waals surface area contributed by atoms with Crippen molar-refractivity contribution >= 4 is 21.6 Å². The Kier molecular flexibility index (Phi) is 6.93. The Morgan fingerprint density at radius 2 is 1.74 bits per heavy atom. The first-order valence-corrected chi connectivity index (χ1v) is 13.0. The molecule has 1 aliphatic heterocycles. The molecule has 0 saturated heterocycles. The van der Waals surface area contributed by atoms with Gasteiger partial charge in [0.15, 0.2) is 0 Å². The van der Waals surface area contributed by atoms with E-state index in [0.717, 1.165) is 23.3 Å². The lowest BCUT2D eigenvalue weighted by molar-refractivity contribution is -0.119. The van der Waals surface area contributed by atoms with Crippen molar-refractivity contribution in [3.63, 3.8) is 0 Å². The summed E-state index contributed by atoms with van der Waals surface area (Å²) in [4.78, 5) is 12.9. The van der Waals surface area contributed by atoms with Crippen molar-refractivity contribution in [1.82, 2.24) is 5.32 Å². The molecule has 1 heterocycles. The van der Waals surface area contributed by atoms with E-state index in [2.05, 4.69) is 26.1 Å². The minimum Gasteiger partial charge on any atom is -0.492 e. The molecule has 0 fully saturated rings. The Hall–Kier alpha value is -3.32. The third-order valence-electron chi connectivity index (χ3n) is 6.01. The van der Waals surface area contributed by atoms with E-state index in [1.807, 2.05) is 48.5 Å². The van der Waals surface area contributed by atoms with Gasteiger partial charge in [0.1, 0.15) is 18.9 Å². The van der Waals surface area contributed by atoms with Crippen molar-refractivity contribution in [3.05, 3.63) is 77.9 Å². The van der Waals surface area contributed by atoms with Crippen LogP contribution >= 0.6 is 0 Å². The van der Waals surface area contributed by atoms with Crippen LogP contribution in [0.4, 0.5) is 5.69 Å². The highest BCUT2D eigenvalue weighted by molar-refractivity contribution is 7.93. The molecule has 0 saturated carbocycles. The van der Waals surface area contributed by atoms with Gasteiger partial charge in [-0.2, -0.15) is 0 Å². The molecule has 3 aromatic carbocycles. The van der Waals surface area contributed by atoms with E-state index in [1.165, 1.54) is 9.87 Å². The van der Waals surface area contributed by atoms with Gasteiger partial charge in [-0.3, -0.25) is 9.10 Å². The summed E-state index contributed by atoms with van der Waals surface area (Å²) in [7, 11) is -3.86. The number of ether oxygens (including phenoxy) is 1. The van der Waals surface area contributed by atoms with Gasteiger partial charge in [-0.15, -0.1) is 0 Å². The van der Waals surface area contributed by atoms with Crippen molar-refractivity contribution in [2.45, 2.75) is 38.0 Å². The van der Waals surface area contributed by atoms with Crippen LogP contribution in [-0.2, 0) is 21.2 Å². The predicted molar refractivity (Wildman–Crippen MR) is 135 cm³/mol. The van der Waals surface area contributed by atoms with E-state index in [4.69, 9.17) is 4.74 Å². The van der Waals surface area contributed by atoms with Gasteiger partial charge in [0.2, 0.25) is 5.91 Å². The molecular formula is C27H30N2O4S. The number of hydrogen-bond acceptors (Lipinski definition) is 4. The second-order valence-corrected chi connectivity index (χ2v) is 10.5. The first kappa shape index (κ1) is 23.8. The summed E-state index contributed by atoms with van der Waals surface area (Å²) in [5.41, 5.74) is 4.35. The molecule has 0 unspecified atom stereocenters. The van der Waals surface area contributed by atoms with E-state index >= 15 is 0 Å². The number of nitrogens with one attached hydrogen (secondary N) is 1. The summed E-state index contributed by atoms with van der Waals surface area (Å²) in [5, 5.41) is 2.77. The second kappa shape index (κ2) is 9.89. The van der Waals surface area contributed by atoms with Crippen LogP contribution in [0.1, 0.15) is 37.8 Å². The number of sulfonamides is 1. The summed E-state index contributed by atoms with van der Waals surface area (Å²) in [5.74, 6) is 0.647. The fourth-order valence-corrected chi connectivity index (χ4v) is 5.69. The molecular weight excluding hydrogens is 448 g/mol. The number of aryl methyl sites for hydroxylation is 1.